The average molecular weight is 384 g/mol. The first kappa shape index (κ1) is 20.7. The third-order valence-electron chi connectivity index (χ3n) is 4.54. The van der Waals surface area contributed by atoms with Crippen molar-refractivity contribution in [3.8, 4) is 5.75 Å². The number of aryl methyl sites for hydroxylation is 1. The van der Waals surface area contributed by atoms with Gasteiger partial charge in [0.1, 0.15) is 5.75 Å². The molecule has 0 aliphatic carbocycles. The number of hydrogen-bond acceptors (Lipinski definition) is 5. The molecule has 0 aromatic heterocycles. The lowest BCUT2D eigenvalue weighted by atomic mass is 9.97. The molecule has 0 saturated carbocycles. The van der Waals surface area contributed by atoms with Crippen LogP contribution >= 0.6 is 0 Å². The number of rotatable bonds is 8. The van der Waals surface area contributed by atoms with Gasteiger partial charge in [0.05, 0.1) is 11.5 Å². The van der Waals surface area contributed by atoms with E-state index in [4.69, 9.17) is 9.84 Å². The Balaban J connectivity index is 1.99. The molecule has 1 aromatic rings. The molecule has 2 rings (SSSR count). The second-order valence-corrected chi connectivity index (χ2v) is 8.34. The summed E-state index contributed by atoms with van der Waals surface area (Å²) >= 11 is 0. The largest absolute Gasteiger partial charge is 0.494 e. The fourth-order valence-corrected chi connectivity index (χ4v) is 4.60. The van der Waals surface area contributed by atoms with Crippen LogP contribution in [-0.2, 0) is 14.8 Å². The Kier molecular flexibility index (Phi) is 7.43. The van der Waals surface area contributed by atoms with Crippen LogP contribution < -0.4 is 10.1 Å². The normalized spacial score (nSPS) is 16.4. The molecule has 1 saturated heterocycles. The van der Waals surface area contributed by atoms with Gasteiger partial charge in [-0.2, -0.15) is 4.31 Å². The maximum Gasteiger partial charge on any atom is 0.243 e. The van der Waals surface area contributed by atoms with Crippen LogP contribution in [0, 0.1) is 12.8 Å². The van der Waals surface area contributed by atoms with Crippen LogP contribution in [-0.4, -0.2) is 56.6 Å². The Morgan fingerprint density at radius 2 is 2.04 bits per heavy atom. The second-order valence-electron chi connectivity index (χ2n) is 6.41. The Bertz CT molecular complexity index is 712. The SMILES string of the molecule is CCOc1ccc(S(=O)(=O)N2CCC(C(=O)NCCCO)CC2)cc1C. The van der Waals surface area contributed by atoms with Gasteiger partial charge in [0.25, 0.3) is 0 Å². The van der Waals surface area contributed by atoms with Gasteiger partial charge in [-0.1, -0.05) is 0 Å². The van der Waals surface area contributed by atoms with Crippen LogP contribution in [0.3, 0.4) is 0 Å². The molecule has 1 amide bonds. The Morgan fingerprint density at radius 3 is 2.62 bits per heavy atom. The van der Waals surface area contributed by atoms with E-state index in [1.165, 1.54) is 4.31 Å². The lowest BCUT2D eigenvalue weighted by Crippen LogP contribution is -2.43. The highest BCUT2D eigenvalue weighted by Crippen LogP contribution is 2.27. The van der Waals surface area contributed by atoms with Crippen LogP contribution in [0.5, 0.6) is 5.75 Å². The number of amides is 1. The smallest absolute Gasteiger partial charge is 0.243 e. The topological polar surface area (TPSA) is 95.9 Å². The van der Waals surface area contributed by atoms with E-state index in [9.17, 15) is 13.2 Å². The number of nitrogens with one attached hydrogen (secondary N) is 1. The summed E-state index contributed by atoms with van der Waals surface area (Å²) < 4.78 is 32.6. The summed E-state index contributed by atoms with van der Waals surface area (Å²) in [5.41, 5.74) is 0.783. The number of sulfonamides is 1. The molecular weight excluding hydrogens is 356 g/mol. The molecule has 0 spiro atoms. The summed E-state index contributed by atoms with van der Waals surface area (Å²) in [5, 5.41) is 11.5. The van der Waals surface area contributed by atoms with E-state index in [1.807, 2.05) is 13.8 Å². The van der Waals surface area contributed by atoms with E-state index in [1.54, 1.807) is 18.2 Å². The predicted molar refractivity (Wildman–Crippen MR) is 98.5 cm³/mol. The van der Waals surface area contributed by atoms with Crippen LogP contribution in [0.1, 0.15) is 31.7 Å². The van der Waals surface area contributed by atoms with Crippen molar-refractivity contribution in [3.05, 3.63) is 23.8 Å². The first-order valence-electron chi connectivity index (χ1n) is 9.02. The first-order valence-corrected chi connectivity index (χ1v) is 10.5. The average Bonchev–Trinajstić information content (AvgIpc) is 2.63. The molecule has 8 heteroatoms. The van der Waals surface area contributed by atoms with Gasteiger partial charge in [0, 0.05) is 32.2 Å². The molecule has 1 fully saturated rings. The lowest BCUT2D eigenvalue weighted by molar-refractivity contribution is -0.126. The standard InChI is InChI=1S/C18H28N2O5S/c1-3-25-17-6-5-16(13-14(17)2)26(23,24)20-10-7-15(8-11-20)18(22)19-9-4-12-21/h5-6,13,15,21H,3-4,7-12H2,1-2H3,(H,19,22). The molecule has 0 radical (unpaired) electrons. The zero-order valence-corrected chi connectivity index (χ0v) is 16.2. The van der Waals surface area contributed by atoms with Crippen molar-refractivity contribution in [1.82, 2.24) is 9.62 Å². The van der Waals surface area contributed by atoms with Gasteiger partial charge in [-0.15, -0.1) is 0 Å². The maximum atomic E-state index is 12.9. The Hall–Kier alpha value is -1.64. The van der Waals surface area contributed by atoms with Crippen molar-refractivity contribution < 1.29 is 23.1 Å². The maximum absolute atomic E-state index is 12.9. The van der Waals surface area contributed by atoms with E-state index in [2.05, 4.69) is 5.32 Å². The van der Waals surface area contributed by atoms with Crippen LogP contribution in [0.4, 0.5) is 0 Å². The summed E-state index contributed by atoms with van der Waals surface area (Å²) in [4.78, 5) is 12.3. The van der Waals surface area contributed by atoms with Gasteiger partial charge in [0.15, 0.2) is 0 Å². The van der Waals surface area contributed by atoms with Crippen molar-refractivity contribution in [2.24, 2.45) is 5.92 Å². The minimum absolute atomic E-state index is 0.0401. The summed E-state index contributed by atoms with van der Waals surface area (Å²) in [6.45, 7) is 5.37. The molecule has 146 valence electrons. The van der Waals surface area contributed by atoms with Gasteiger partial charge in [-0.25, -0.2) is 8.42 Å². The second kappa shape index (κ2) is 9.34. The molecular formula is C18H28N2O5S. The fraction of sp³-hybridized carbons (Fsp3) is 0.611. The van der Waals surface area contributed by atoms with Crippen LogP contribution in [0.2, 0.25) is 0 Å². The summed E-state index contributed by atoms with van der Waals surface area (Å²) in [6.07, 6.45) is 1.52. The third kappa shape index (κ3) is 4.96. The highest BCUT2D eigenvalue weighted by atomic mass is 32.2. The zero-order chi connectivity index (χ0) is 19.2. The van der Waals surface area contributed by atoms with Gasteiger partial charge in [-0.05, 0) is 56.9 Å². The number of aliphatic hydroxyl groups is 1. The van der Waals surface area contributed by atoms with E-state index in [0.29, 0.717) is 51.3 Å². The monoisotopic (exact) mass is 384 g/mol. The minimum Gasteiger partial charge on any atom is -0.494 e. The first-order chi connectivity index (χ1) is 12.4. The number of ether oxygens (including phenoxy) is 1. The minimum atomic E-state index is -3.57. The predicted octanol–water partition coefficient (Wildman–Crippen LogP) is 1.29. The van der Waals surface area contributed by atoms with Crippen molar-refractivity contribution in [2.45, 2.75) is 38.0 Å². The van der Waals surface area contributed by atoms with Crippen LogP contribution in [0.25, 0.3) is 0 Å². The summed E-state index contributed by atoms with van der Waals surface area (Å²) in [5.74, 6) is 0.444. The number of piperidine rings is 1. The zero-order valence-electron chi connectivity index (χ0n) is 15.4. The van der Waals surface area contributed by atoms with Crippen molar-refractivity contribution in [3.63, 3.8) is 0 Å². The van der Waals surface area contributed by atoms with E-state index in [-0.39, 0.29) is 23.3 Å². The van der Waals surface area contributed by atoms with E-state index >= 15 is 0 Å². The quantitative estimate of drug-likeness (QED) is 0.659. The Labute approximate surface area is 155 Å². The number of aliphatic hydroxyl groups excluding tert-OH is 1. The number of hydrogen-bond donors (Lipinski definition) is 2. The molecule has 0 atom stereocenters. The number of carbonyl (C=O) groups excluding carboxylic acids is 1. The van der Waals surface area contributed by atoms with E-state index < -0.39 is 10.0 Å². The van der Waals surface area contributed by atoms with Gasteiger partial charge in [0.2, 0.25) is 15.9 Å². The highest BCUT2D eigenvalue weighted by Gasteiger charge is 2.32. The van der Waals surface area contributed by atoms with Gasteiger partial charge >= 0.3 is 0 Å². The highest BCUT2D eigenvalue weighted by molar-refractivity contribution is 7.89. The lowest BCUT2D eigenvalue weighted by Gasteiger charge is -2.30. The number of benzene rings is 1. The molecule has 7 nitrogen and oxygen atoms in total. The van der Waals surface area contributed by atoms with Crippen molar-refractivity contribution in [1.29, 1.82) is 0 Å². The molecule has 1 heterocycles. The molecule has 26 heavy (non-hydrogen) atoms. The summed E-state index contributed by atoms with van der Waals surface area (Å²) in [6, 6.07) is 4.89. The number of carbonyl (C=O) groups is 1. The molecule has 1 aliphatic rings. The van der Waals surface area contributed by atoms with Gasteiger partial charge < -0.3 is 15.2 Å². The fourth-order valence-electron chi connectivity index (χ4n) is 3.04. The van der Waals surface area contributed by atoms with Crippen molar-refractivity contribution >= 4 is 15.9 Å². The molecule has 1 aliphatic heterocycles. The molecule has 1 aromatic carbocycles. The number of nitrogens with zero attached hydrogens (tertiary/aromatic N) is 1. The summed E-state index contributed by atoms with van der Waals surface area (Å²) in [7, 11) is -3.57. The Morgan fingerprint density at radius 1 is 1.35 bits per heavy atom. The van der Waals surface area contributed by atoms with Gasteiger partial charge in [-0.3, -0.25) is 4.79 Å². The molecule has 0 unspecified atom stereocenters. The van der Waals surface area contributed by atoms with E-state index in [0.717, 1.165) is 5.56 Å². The van der Waals surface area contributed by atoms with Crippen molar-refractivity contribution in [2.75, 3.05) is 32.8 Å². The molecule has 0 bridgehead atoms. The van der Waals surface area contributed by atoms with Crippen LogP contribution in [0.15, 0.2) is 23.1 Å². The third-order valence-corrected chi connectivity index (χ3v) is 6.44. The molecule has 2 N–H and O–H groups in total.